The van der Waals surface area contributed by atoms with Gasteiger partial charge < -0.3 is 72.7 Å². The summed E-state index contributed by atoms with van der Waals surface area (Å²) in [5.74, 6) is 0.972. The summed E-state index contributed by atoms with van der Waals surface area (Å²) in [5.41, 5.74) is 7.80. The van der Waals surface area contributed by atoms with Crippen molar-refractivity contribution >= 4 is 29.8 Å². The molecule has 0 amide bonds. The van der Waals surface area contributed by atoms with E-state index in [0.29, 0.717) is 30.8 Å². The minimum Gasteiger partial charge on any atom is -0.507 e. The van der Waals surface area contributed by atoms with Gasteiger partial charge >= 0.3 is 29.8 Å². The number of aryl methyl sites for hydroxylation is 6. The largest absolute Gasteiger partial charge is 0.507 e. The average molecular weight is 1400 g/mol. The lowest BCUT2D eigenvalue weighted by atomic mass is 10.0. The zero-order chi connectivity index (χ0) is 74.0. The van der Waals surface area contributed by atoms with Crippen molar-refractivity contribution in [1.29, 1.82) is 0 Å². The van der Waals surface area contributed by atoms with Gasteiger partial charge in [-0.05, 0) is 229 Å². The molecule has 0 saturated carbocycles. The maximum Gasteiger partial charge on any atom is 0.342 e. The van der Waals surface area contributed by atoms with E-state index in [-0.39, 0.29) is 42.3 Å². The van der Waals surface area contributed by atoms with E-state index in [1.54, 1.807) is 39.5 Å². The number of carboxylic acid groups (broad SMARTS) is 2. The lowest BCUT2D eigenvalue weighted by Crippen LogP contribution is -2.35. The highest BCUT2D eigenvalue weighted by molar-refractivity contribution is 5.94. The Labute approximate surface area is 603 Å². The third-order valence-electron chi connectivity index (χ3n) is 16.1. The standard InChI is InChI=1S/2C28H31NO6.C27H31NO5/c2*1-29(2)18-25(35-28(32)23-14-12-22(13-15-23)27(30)31)19-34-26-7-5-4-6-21(26)11-8-20-9-16-24(33-3)17-10-20;1-28(2)18-23(33-27(30)24-9-5-6-10-25(24)29)19-32-26-11-7-4-8-21(26)15-12-20-13-16-22(31-3)17-14-20/h2*4-7,9-10,12-17,25H,8,11,18-19H2,1-3H3,(H,30,31);4-11,13-14,16-17,23,29H,12,15,18-19H2,1-3H3/t2*25-;/m10./s1. The molecule has 0 bridgehead atoms. The Bertz CT molecular complexity index is 3910. The van der Waals surface area contributed by atoms with Crippen LogP contribution in [0.4, 0.5) is 0 Å². The molecule has 3 N–H and O–H groups in total. The number of para-hydroxylation sites is 4. The number of rotatable bonds is 35. The maximum atomic E-state index is 12.6. The van der Waals surface area contributed by atoms with E-state index in [1.165, 1.54) is 71.3 Å². The second kappa shape index (κ2) is 41.5. The molecular formula is C83H93N3O17. The number of aromatic carboxylic acids is 2. The van der Waals surface area contributed by atoms with E-state index in [2.05, 4.69) is 36.4 Å². The number of phenols is 1. The van der Waals surface area contributed by atoms with Gasteiger partial charge in [-0.15, -0.1) is 0 Å². The number of methoxy groups -OCH3 is 3. The molecule has 103 heavy (non-hydrogen) atoms. The zero-order valence-electron chi connectivity index (χ0n) is 59.9. The topological polar surface area (TPSA) is 239 Å². The van der Waals surface area contributed by atoms with Crippen molar-refractivity contribution in [3.8, 4) is 40.2 Å². The van der Waals surface area contributed by atoms with Gasteiger partial charge in [0.1, 0.15) is 83.9 Å². The Morgan fingerprint density at radius 3 is 0.883 bits per heavy atom. The number of nitrogens with zero attached hydrogens (tertiary/aromatic N) is 3. The predicted molar refractivity (Wildman–Crippen MR) is 395 cm³/mol. The van der Waals surface area contributed by atoms with Crippen LogP contribution in [0.15, 0.2) is 218 Å². The highest BCUT2D eigenvalue weighted by atomic mass is 16.6. The Morgan fingerprint density at radius 2 is 0.602 bits per heavy atom. The summed E-state index contributed by atoms with van der Waals surface area (Å²) < 4.78 is 51.0. The lowest BCUT2D eigenvalue weighted by Gasteiger charge is -2.22. The highest BCUT2D eigenvalue weighted by Crippen LogP contribution is 2.27. The van der Waals surface area contributed by atoms with E-state index in [0.717, 1.165) is 89.7 Å². The fourth-order valence-corrected chi connectivity index (χ4v) is 10.7. The quantitative estimate of drug-likeness (QED) is 0.0247. The normalized spacial score (nSPS) is 11.7. The van der Waals surface area contributed by atoms with E-state index in [4.69, 9.17) is 52.8 Å². The van der Waals surface area contributed by atoms with Crippen molar-refractivity contribution in [2.24, 2.45) is 0 Å². The summed E-state index contributed by atoms with van der Waals surface area (Å²) in [6, 6.07) is 65.4. The number of esters is 3. The SMILES string of the molecule is COc1ccc(CCc2ccccc2OCC(CN(C)C)OC(=O)c2ccccc2O)cc1.COc1ccc(CCc2ccccc2OC[C@@H](CN(C)C)OC(=O)c2ccc(C(=O)O)cc2)cc1.COc1ccc(CCc2ccccc2OC[C@H](CN(C)C)OC(=O)c2ccc(C(=O)O)cc2)cc1. The van der Waals surface area contributed by atoms with Crippen molar-refractivity contribution in [3.63, 3.8) is 0 Å². The number of ether oxygens (including phenoxy) is 9. The van der Waals surface area contributed by atoms with Gasteiger partial charge in [-0.1, -0.05) is 103 Å². The van der Waals surface area contributed by atoms with E-state index in [1.807, 2.05) is 166 Å². The number of carbonyl (C=O) groups excluding carboxylic acids is 3. The van der Waals surface area contributed by atoms with E-state index >= 15 is 0 Å². The van der Waals surface area contributed by atoms with Crippen molar-refractivity contribution in [3.05, 3.63) is 280 Å². The van der Waals surface area contributed by atoms with Crippen LogP contribution in [-0.2, 0) is 52.7 Å². The number of benzene rings is 9. The summed E-state index contributed by atoms with van der Waals surface area (Å²) >= 11 is 0. The first-order valence-electron chi connectivity index (χ1n) is 33.7. The molecule has 0 spiro atoms. The van der Waals surface area contributed by atoms with Crippen LogP contribution in [-0.4, -0.2) is 181 Å². The third kappa shape index (κ3) is 27.0. The van der Waals surface area contributed by atoms with Gasteiger partial charge in [-0.2, -0.15) is 0 Å². The highest BCUT2D eigenvalue weighted by Gasteiger charge is 2.24. The Kier molecular flexibility index (Phi) is 31.9. The Morgan fingerprint density at radius 1 is 0.330 bits per heavy atom. The number of hydrogen-bond donors (Lipinski definition) is 3. The van der Waals surface area contributed by atoms with Crippen LogP contribution in [0.2, 0.25) is 0 Å². The number of carbonyl (C=O) groups is 5. The van der Waals surface area contributed by atoms with Gasteiger partial charge in [0.2, 0.25) is 0 Å². The molecule has 20 nitrogen and oxygen atoms in total. The average Bonchev–Trinajstić information content (AvgIpc) is 0.885. The maximum absolute atomic E-state index is 12.6. The summed E-state index contributed by atoms with van der Waals surface area (Å²) in [7, 11) is 16.4. The number of hydrogen-bond acceptors (Lipinski definition) is 18. The molecule has 0 radical (unpaired) electrons. The molecule has 0 aliphatic rings. The lowest BCUT2D eigenvalue weighted by molar-refractivity contribution is 0.00938. The van der Waals surface area contributed by atoms with Crippen molar-refractivity contribution in [1.82, 2.24) is 14.7 Å². The molecule has 0 fully saturated rings. The number of aromatic hydroxyl groups is 1. The van der Waals surface area contributed by atoms with Gasteiger partial charge in [0.25, 0.3) is 0 Å². The van der Waals surface area contributed by atoms with E-state index in [9.17, 15) is 29.1 Å². The van der Waals surface area contributed by atoms with Crippen LogP contribution >= 0.6 is 0 Å². The van der Waals surface area contributed by atoms with Gasteiger partial charge in [0, 0.05) is 19.6 Å². The first kappa shape index (κ1) is 79.1. The molecular weight excluding hydrogens is 1310 g/mol. The molecule has 9 aromatic carbocycles. The van der Waals surface area contributed by atoms with Crippen LogP contribution in [0, 0.1) is 0 Å². The smallest absolute Gasteiger partial charge is 0.342 e. The third-order valence-corrected chi connectivity index (χ3v) is 16.1. The molecule has 9 rings (SSSR count). The van der Waals surface area contributed by atoms with Crippen molar-refractivity contribution in [2.45, 2.75) is 56.8 Å². The molecule has 1 unspecified atom stereocenters. The van der Waals surface area contributed by atoms with Gasteiger partial charge in [-0.25, -0.2) is 24.0 Å². The van der Waals surface area contributed by atoms with Crippen molar-refractivity contribution in [2.75, 3.05) is 103 Å². The van der Waals surface area contributed by atoms with Crippen LogP contribution in [0.25, 0.3) is 0 Å². The molecule has 9 aromatic rings. The predicted octanol–water partition coefficient (Wildman–Crippen LogP) is 13.0. The fraction of sp³-hybridized carbons (Fsp3) is 0.289. The summed E-state index contributed by atoms with van der Waals surface area (Å²) in [4.78, 5) is 65.7. The second-order valence-corrected chi connectivity index (χ2v) is 25.0. The Balaban J connectivity index is 0.000000216. The monoisotopic (exact) mass is 1400 g/mol. The molecule has 542 valence electrons. The van der Waals surface area contributed by atoms with Gasteiger partial charge in [0.15, 0.2) is 0 Å². The fourth-order valence-electron chi connectivity index (χ4n) is 10.7. The zero-order valence-corrected chi connectivity index (χ0v) is 59.9. The summed E-state index contributed by atoms with van der Waals surface area (Å²) in [5, 5.41) is 28.0. The van der Waals surface area contributed by atoms with Crippen LogP contribution in [0.1, 0.15) is 85.2 Å². The first-order chi connectivity index (χ1) is 49.7. The van der Waals surface area contributed by atoms with Crippen LogP contribution in [0.3, 0.4) is 0 Å². The minimum absolute atomic E-state index is 0.101. The van der Waals surface area contributed by atoms with Gasteiger partial charge in [0.05, 0.1) is 43.6 Å². The second-order valence-electron chi connectivity index (χ2n) is 25.0. The first-order valence-corrected chi connectivity index (χ1v) is 33.7. The molecule has 0 aliphatic carbocycles. The summed E-state index contributed by atoms with van der Waals surface area (Å²) in [6.07, 6.45) is 3.48. The van der Waals surface area contributed by atoms with Crippen molar-refractivity contribution < 1.29 is 81.9 Å². The van der Waals surface area contributed by atoms with E-state index < -0.39 is 48.2 Å². The Hall–Kier alpha value is -11.2. The molecule has 0 aliphatic heterocycles. The number of phenolic OH excluding ortho intramolecular Hbond substituents is 1. The van der Waals surface area contributed by atoms with Crippen LogP contribution < -0.4 is 28.4 Å². The van der Waals surface area contributed by atoms with Crippen LogP contribution in [0.5, 0.6) is 40.2 Å². The van der Waals surface area contributed by atoms with Gasteiger partial charge in [-0.3, -0.25) is 0 Å². The number of likely N-dealkylation sites (N-methyl/N-ethyl adjacent to an activating group) is 3. The molecule has 0 heterocycles. The molecule has 3 atom stereocenters. The molecule has 0 aromatic heterocycles. The number of carboxylic acids is 2. The molecule has 0 saturated heterocycles. The minimum atomic E-state index is -1.05. The molecule has 20 heteroatoms. The summed E-state index contributed by atoms with van der Waals surface area (Å²) in [6.45, 7) is 2.04.